The van der Waals surface area contributed by atoms with Crippen LogP contribution in [-0.2, 0) is 13.6 Å². The summed E-state index contributed by atoms with van der Waals surface area (Å²) in [7, 11) is 3.50. The molecule has 154 valence electrons. The van der Waals surface area contributed by atoms with E-state index in [0.29, 0.717) is 23.3 Å². The molecule has 0 aliphatic heterocycles. The summed E-state index contributed by atoms with van der Waals surface area (Å²) >= 11 is 0. The van der Waals surface area contributed by atoms with Crippen LogP contribution in [0.2, 0.25) is 0 Å². The molecule has 0 spiro atoms. The van der Waals surface area contributed by atoms with E-state index in [9.17, 15) is 4.79 Å². The maximum absolute atomic E-state index is 12.8. The van der Waals surface area contributed by atoms with E-state index in [1.54, 1.807) is 19.4 Å². The number of benzene rings is 1. The highest BCUT2D eigenvalue weighted by Gasteiger charge is 2.14. The monoisotopic (exact) mass is 412 g/mol. The number of H-pyrrole nitrogens is 1. The van der Waals surface area contributed by atoms with Crippen molar-refractivity contribution in [2.45, 2.75) is 6.54 Å². The summed E-state index contributed by atoms with van der Waals surface area (Å²) in [5.74, 6) is 1.28. The Morgan fingerprint density at radius 3 is 2.81 bits per heavy atom. The normalized spacial score (nSPS) is 11.2. The first kappa shape index (κ1) is 18.7. The lowest BCUT2D eigenvalue weighted by atomic mass is 10.1. The first-order chi connectivity index (χ1) is 15.1. The Labute approximate surface area is 177 Å². The first-order valence-corrected chi connectivity index (χ1v) is 9.79. The van der Waals surface area contributed by atoms with Crippen molar-refractivity contribution >= 4 is 33.4 Å². The second-order valence-corrected chi connectivity index (χ2v) is 7.24. The summed E-state index contributed by atoms with van der Waals surface area (Å²) in [6, 6.07) is 11.7. The maximum Gasteiger partial charge on any atom is 0.264 e. The van der Waals surface area contributed by atoms with E-state index in [2.05, 4.69) is 30.8 Å². The summed E-state index contributed by atoms with van der Waals surface area (Å²) in [4.78, 5) is 26.4. The summed E-state index contributed by atoms with van der Waals surface area (Å²) in [5.41, 5.74) is 3.95. The molecule has 4 heterocycles. The molecule has 0 unspecified atom stereocenters. The molecule has 9 heteroatoms. The van der Waals surface area contributed by atoms with Gasteiger partial charge in [0.05, 0.1) is 29.3 Å². The summed E-state index contributed by atoms with van der Waals surface area (Å²) < 4.78 is 1.45. The van der Waals surface area contributed by atoms with Crippen LogP contribution in [0.5, 0.6) is 0 Å². The molecule has 9 nitrogen and oxygen atoms in total. The van der Waals surface area contributed by atoms with Crippen molar-refractivity contribution in [1.29, 1.82) is 0 Å². The predicted molar refractivity (Wildman–Crippen MR) is 121 cm³/mol. The molecule has 0 fully saturated rings. The summed E-state index contributed by atoms with van der Waals surface area (Å²) in [5, 5.41) is 14.8. The minimum absolute atomic E-state index is 0.153. The van der Waals surface area contributed by atoms with Crippen LogP contribution in [0, 0.1) is 0 Å². The SMILES string of the molecule is CNc1ccc(CNc2nc(-c3ccc4cn[nH]c4c3)cc3ncn(C)c(=O)c23)cn1. The molecular weight excluding hydrogens is 392 g/mol. The Morgan fingerprint density at radius 1 is 1.10 bits per heavy atom. The highest BCUT2D eigenvalue weighted by molar-refractivity contribution is 5.92. The molecular formula is C22H20N8O. The minimum atomic E-state index is -0.153. The van der Waals surface area contributed by atoms with Crippen LogP contribution in [0.1, 0.15) is 5.56 Å². The molecule has 0 aliphatic carbocycles. The molecule has 4 aromatic heterocycles. The lowest BCUT2D eigenvalue weighted by molar-refractivity contribution is 0.842. The highest BCUT2D eigenvalue weighted by atomic mass is 16.1. The van der Waals surface area contributed by atoms with Crippen LogP contribution in [0.25, 0.3) is 33.1 Å². The fraction of sp³-hybridized carbons (Fsp3) is 0.136. The molecule has 5 rings (SSSR count). The Hall–Kier alpha value is -4.27. The zero-order valence-electron chi connectivity index (χ0n) is 17.0. The summed E-state index contributed by atoms with van der Waals surface area (Å²) in [6.45, 7) is 0.472. The van der Waals surface area contributed by atoms with Crippen LogP contribution < -0.4 is 16.2 Å². The largest absolute Gasteiger partial charge is 0.373 e. The third-order valence-electron chi connectivity index (χ3n) is 5.18. The number of fused-ring (bicyclic) bond motifs is 2. The molecule has 0 saturated heterocycles. The van der Waals surface area contributed by atoms with Crippen LogP contribution in [-0.4, -0.2) is 36.8 Å². The third-order valence-corrected chi connectivity index (χ3v) is 5.18. The van der Waals surface area contributed by atoms with Crippen molar-refractivity contribution < 1.29 is 0 Å². The number of hydrogen-bond acceptors (Lipinski definition) is 7. The van der Waals surface area contributed by atoms with E-state index in [1.165, 1.54) is 10.9 Å². The number of nitrogens with one attached hydrogen (secondary N) is 3. The lowest BCUT2D eigenvalue weighted by Gasteiger charge is -2.12. The fourth-order valence-electron chi connectivity index (χ4n) is 3.46. The smallest absolute Gasteiger partial charge is 0.264 e. The van der Waals surface area contributed by atoms with Gasteiger partial charge < -0.3 is 15.2 Å². The van der Waals surface area contributed by atoms with Gasteiger partial charge >= 0.3 is 0 Å². The molecule has 0 saturated carbocycles. The first-order valence-electron chi connectivity index (χ1n) is 9.79. The van der Waals surface area contributed by atoms with Gasteiger partial charge in [0, 0.05) is 37.8 Å². The van der Waals surface area contributed by atoms with E-state index in [-0.39, 0.29) is 5.56 Å². The van der Waals surface area contributed by atoms with Gasteiger partial charge in [-0.25, -0.2) is 15.0 Å². The molecule has 0 bridgehead atoms. The van der Waals surface area contributed by atoms with E-state index in [0.717, 1.165) is 33.5 Å². The molecule has 1 aromatic carbocycles. The van der Waals surface area contributed by atoms with Crippen molar-refractivity contribution in [2.75, 3.05) is 17.7 Å². The number of pyridine rings is 2. The number of rotatable bonds is 5. The third kappa shape index (κ3) is 3.46. The van der Waals surface area contributed by atoms with Crippen LogP contribution >= 0.6 is 0 Å². The zero-order valence-corrected chi connectivity index (χ0v) is 17.0. The van der Waals surface area contributed by atoms with Crippen molar-refractivity contribution in [3.63, 3.8) is 0 Å². The topological polar surface area (TPSA) is 113 Å². The maximum atomic E-state index is 12.8. The second kappa shape index (κ2) is 7.52. The molecule has 31 heavy (non-hydrogen) atoms. The van der Waals surface area contributed by atoms with Crippen molar-refractivity contribution in [1.82, 2.24) is 29.7 Å². The standard InChI is InChI=1S/C22H20N8O/c1-23-19-6-3-13(9-24-19)10-25-21-20-18(26-12-30(2)22(20)31)8-16(28-21)14-4-5-15-11-27-29-17(15)7-14/h3-9,11-12H,10H2,1-2H3,(H,23,24)(H,25,28)(H,27,29). The molecule has 0 aliphatic rings. The van der Waals surface area contributed by atoms with Gasteiger partial charge in [-0.15, -0.1) is 0 Å². The van der Waals surface area contributed by atoms with Gasteiger partial charge in [-0.3, -0.25) is 9.89 Å². The Morgan fingerprint density at radius 2 is 2.00 bits per heavy atom. The predicted octanol–water partition coefficient (Wildman–Crippen LogP) is 2.92. The van der Waals surface area contributed by atoms with E-state index < -0.39 is 0 Å². The number of anilines is 2. The highest BCUT2D eigenvalue weighted by Crippen LogP contribution is 2.27. The van der Waals surface area contributed by atoms with Gasteiger partial charge in [0.15, 0.2) is 0 Å². The quantitative estimate of drug-likeness (QED) is 0.407. The Bertz CT molecular complexity index is 1450. The molecule has 3 N–H and O–H groups in total. The number of aromatic nitrogens is 6. The Kier molecular flexibility index (Phi) is 4.55. The number of hydrogen-bond donors (Lipinski definition) is 3. The van der Waals surface area contributed by atoms with Gasteiger partial charge in [0.1, 0.15) is 17.0 Å². The van der Waals surface area contributed by atoms with E-state index in [4.69, 9.17) is 4.98 Å². The van der Waals surface area contributed by atoms with Crippen molar-refractivity contribution in [2.24, 2.45) is 7.05 Å². The number of aryl methyl sites for hydroxylation is 1. The minimum Gasteiger partial charge on any atom is -0.373 e. The van der Waals surface area contributed by atoms with E-state index in [1.807, 2.05) is 43.4 Å². The number of nitrogens with zero attached hydrogens (tertiary/aromatic N) is 5. The van der Waals surface area contributed by atoms with Gasteiger partial charge in [-0.2, -0.15) is 5.10 Å². The van der Waals surface area contributed by atoms with Crippen LogP contribution in [0.3, 0.4) is 0 Å². The number of aromatic amines is 1. The van der Waals surface area contributed by atoms with Crippen LogP contribution in [0.15, 0.2) is 59.9 Å². The molecule has 0 amide bonds. The molecule has 0 atom stereocenters. The van der Waals surface area contributed by atoms with Crippen LogP contribution in [0.4, 0.5) is 11.6 Å². The van der Waals surface area contributed by atoms with Crippen molar-refractivity contribution in [3.8, 4) is 11.3 Å². The summed E-state index contributed by atoms with van der Waals surface area (Å²) in [6.07, 6.45) is 5.09. The van der Waals surface area contributed by atoms with Gasteiger partial charge in [0.25, 0.3) is 5.56 Å². The zero-order chi connectivity index (χ0) is 21.4. The van der Waals surface area contributed by atoms with Gasteiger partial charge in [-0.05, 0) is 23.8 Å². The molecule has 5 aromatic rings. The Balaban J connectivity index is 1.59. The fourth-order valence-corrected chi connectivity index (χ4v) is 3.46. The molecule has 0 radical (unpaired) electrons. The van der Waals surface area contributed by atoms with Gasteiger partial charge in [-0.1, -0.05) is 18.2 Å². The average molecular weight is 412 g/mol. The lowest BCUT2D eigenvalue weighted by Crippen LogP contribution is -2.19. The second-order valence-electron chi connectivity index (χ2n) is 7.24. The van der Waals surface area contributed by atoms with Crippen molar-refractivity contribution in [3.05, 3.63) is 71.0 Å². The van der Waals surface area contributed by atoms with Gasteiger partial charge in [0.2, 0.25) is 0 Å². The van der Waals surface area contributed by atoms with E-state index >= 15 is 0 Å². The average Bonchev–Trinajstić information content (AvgIpc) is 3.28.